The van der Waals surface area contributed by atoms with Crippen LogP contribution in [0.4, 0.5) is 11.5 Å². The molecular formula is C22H20ClN5O. The van der Waals surface area contributed by atoms with Crippen molar-refractivity contribution in [1.29, 1.82) is 0 Å². The van der Waals surface area contributed by atoms with Crippen LogP contribution in [0.15, 0.2) is 57.8 Å². The van der Waals surface area contributed by atoms with Crippen molar-refractivity contribution in [1.82, 2.24) is 4.98 Å². The Balaban J connectivity index is 1.45. The average Bonchev–Trinajstić information content (AvgIpc) is 2.90. The van der Waals surface area contributed by atoms with E-state index in [0.717, 1.165) is 71.8 Å². The summed E-state index contributed by atoms with van der Waals surface area (Å²) in [5.74, 6) is 1.78. The monoisotopic (exact) mass is 405 g/mol. The van der Waals surface area contributed by atoms with Gasteiger partial charge >= 0.3 is 0 Å². The number of fused-ring (bicyclic) bond motifs is 2. The molecule has 1 aromatic carbocycles. The van der Waals surface area contributed by atoms with E-state index in [-0.39, 0.29) is 0 Å². The van der Waals surface area contributed by atoms with Crippen molar-refractivity contribution in [2.24, 2.45) is 15.4 Å². The van der Waals surface area contributed by atoms with Gasteiger partial charge in [0.1, 0.15) is 11.5 Å². The number of nitrogens with one attached hydrogen (secondary N) is 1. The molecule has 1 aromatic heterocycles. The van der Waals surface area contributed by atoms with Crippen molar-refractivity contribution in [3.8, 4) is 0 Å². The summed E-state index contributed by atoms with van der Waals surface area (Å²) in [6.45, 7) is 6.45. The molecule has 6 nitrogen and oxygen atoms in total. The van der Waals surface area contributed by atoms with Crippen molar-refractivity contribution in [2.75, 3.05) is 43.1 Å². The second-order valence-electron chi connectivity index (χ2n) is 8.30. The number of halogens is 1. The third-order valence-electron chi connectivity index (χ3n) is 6.05. The smallest absolute Gasteiger partial charge is 0.152 e. The van der Waals surface area contributed by atoms with Gasteiger partial charge in [0.05, 0.1) is 36.6 Å². The van der Waals surface area contributed by atoms with Crippen molar-refractivity contribution < 1.29 is 4.74 Å². The van der Waals surface area contributed by atoms with Crippen LogP contribution in [0.1, 0.15) is 18.1 Å². The van der Waals surface area contributed by atoms with Gasteiger partial charge in [-0.25, -0.2) is 9.98 Å². The third kappa shape index (κ3) is 2.63. The highest BCUT2D eigenvalue weighted by atomic mass is 35.5. The van der Waals surface area contributed by atoms with Crippen molar-refractivity contribution >= 4 is 34.7 Å². The Morgan fingerprint density at radius 3 is 2.76 bits per heavy atom. The number of aromatic nitrogens is 1. The van der Waals surface area contributed by atoms with Gasteiger partial charge in [-0.05, 0) is 18.6 Å². The molecule has 6 rings (SSSR count). The fourth-order valence-electron chi connectivity index (χ4n) is 4.36. The van der Waals surface area contributed by atoms with E-state index >= 15 is 0 Å². The number of amidine groups is 1. The lowest BCUT2D eigenvalue weighted by atomic mass is 9.78. The van der Waals surface area contributed by atoms with E-state index in [0.29, 0.717) is 17.0 Å². The summed E-state index contributed by atoms with van der Waals surface area (Å²) in [5.41, 5.74) is 6.00. The van der Waals surface area contributed by atoms with Gasteiger partial charge in [0.15, 0.2) is 5.84 Å². The molecule has 0 bridgehead atoms. The summed E-state index contributed by atoms with van der Waals surface area (Å²) in [6.07, 6.45) is 1.90. The topological polar surface area (TPSA) is 62.1 Å². The molecular weight excluding hydrogens is 386 g/mol. The quantitative estimate of drug-likeness (QED) is 0.830. The first kappa shape index (κ1) is 17.2. The van der Waals surface area contributed by atoms with Crippen LogP contribution in [0.3, 0.4) is 0 Å². The van der Waals surface area contributed by atoms with Crippen molar-refractivity contribution in [2.45, 2.75) is 6.92 Å². The Kier molecular flexibility index (Phi) is 3.64. The largest absolute Gasteiger partial charge is 0.380 e. The van der Waals surface area contributed by atoms with E-state index in [4.69, 9.17) is 26.3 Å². The lowest BCUT2D eigenvalue weighted by Gasteiger charge is -2.55. The summed E-state index contributed by atoms with van der Waals surface area (Å²) >= 11 is 6.54. The van der Waals surface area contributed by atoms with Crippen molar-refractivity contribution in [3.05, 3.63) is 63.9 Å². The average molecular weight is 406 g/mol. The molecule has 0 saturated carbocycles. The van der Waals surface area contributed by atoms with Crippen LogP contribution in [0.25, 0.3) is 0 Å². The molecule has 4 aliphatic heterocycles. The minimum atomic E-state index is 0.342. The molecule has 1 N–H and O–H groups in total. The van der Waals surface area contributed by atoms with Gasteiger partial charge < -0.3 is 15.0 Å². The predicted molar refractivity (Wildman–Crippen MR) is 115 cm³/mol. The zero-order valence-electron chi connectivity index (χ0n) is 16.1. The van der Waals surface area contributed by atoms with Gasteiger partial charge in [-0.2, -0.15) is 0 Å². The number of nitrogens with zero attached hydrogens (tertiary/aromatic N) is 4. The lowest BCUT2D eigenvalue weighted by Crippen LogP contribution is -2.66. The van der Waals surface area contributed by atoms with E-state index in [1.54, 1.807) is 0 Å². The summed E-state index contributed by atoms with van der Waals surface area (Å²) in [6, 6.07) is 9.91. The molecule has 2 fully saturated rings. The third-order valence-corrected chi connectivity index (χ3v) is 6.38. The van der Waals surface area contributed by atoms with Gasteiger partial charge in [-0.15, -0.1) is 0 Å². The normalized spacial score (nSPS) is 21.4. The van der Waals surface area contributed by atoms with Crippen LogP contribution in [0, 0.1) is 5.41 Å². The van der Waals surface area contributed by atoms with Gasteiger partial charge in [-0.3, -0.25) is 4.99 Å². The van der Waals surface area contributed by atoms with E-state index < -0.39 is 0 Å². The van der Waals surface area contributed by atoms with Gasteiger partial charge in [0.25, 0.3) is 0 Å². The molecule has 5 heterocycles. The van der Waals surface area contributed by atoms with E-state index in [1.165, 1.54) is 0 Å². The van der Waals surface area contributed by atoms with Crippen LogP contribution < -0.4 is 10.2 Å². The number of hydrogen-bond donors (Lipinski definition) is 1. The zero-order valence-corrected chi connectivity index (χ0v) is 16.8. The number of anilines is 2. The Bertz CT molecular complexity index is 1120. The highest BCUT2D eigenvalue weighted by Gasteiger charge is 2.49. The van der Waals surface area contributed by atoms with E-state index in [9.17, 15) is 0 Å². The molecule has 1 spiro atoms. The molecule has 2 saturated heterocycles. The Hall–Kier alpha value is -2.70. The van der Waals surface area contributed by atoms with Crippen LogP contribution in [-0.2, 0) is 4.74 Å². The highest BCUT2D eigenvalue weighted by Crippen LogP contribution is 2.41. The molecule has 4 aliphatic rings. The molecule has 0 atom stereocenters. The first-order valence-electron chi connectivity index (χ1n) is 9.80. The first-order valence-corrected chi connectivity index (χ1v) is 10.2. The van der Waals surface area contributed by atoms with Crippen LogP contribution in [-0.4, -0.2) is 49.4 Å². The number of ether oxygens (including phenoxy) is 1. The molecule has 0 aliphatic carbocycles. The maximum Gasteiger partial charge on any atom is 0.152 e. The second-order valence-corrected chi connectivity index (χ2v) is 8.70. The fraction of sp³-hybridized carbons (Fsp3) is 0.318. The van der Waals surface area contributed by atoms with Crippen molar-refractivity contribution in [3.63, 3.8) is 0 Å². The minimum Gasteiger partial charge on any atom is -0.380 e. The van der Waals surface area contributed by atoms with Crippen LogP contribution >= 0.6 is 11.6 Å². The summed E-state index contributed by atoms with van der Waals surface area (Å²) in [4.78, 5) is 16.7. The number of benzene rings is 1. The Morgan fingerprint density at radius 2 is 2.00 bits per heavy atom. The highest BCUT2D eigenvalue weighted by molar-refractivity contribution is 6.36. The lowest BCUT2D eigenvalue weighted by molar-refractivity contribution is -0.127. The standard InChI is InChI=1S/C22H20ClN5O/c1-13-7-25-21-19(13)27-20(14-4-2-3-5-16(14)23)15-8-24-18(6-17(15)26-21)28-9-22(10-28)11-29-12-22/h2-6,8H,7,9-12H2,1H3,(H,25,26). The van der Waals surface area contributed by atoms with Gasteiger partial charge in [0, 0.05) is 41.5 Å². The maximum absolute atomic E-state index is 6.54. The molecule has 29 heavy (non-hydrogen) atoms. The second kappa shape index (κ2) is 6.15. The molecule has 0 unspecified atom stereocenters. The Labute approximate surface area is 174 Å². The van der Waals surface area contributed by atoms with Gasteiger partial charge in [-0.1, -0.05) is 29.8 Å². The van der Waals surface area contributed by atoms with E-state index in [1.807, 2.05) is 30.5 Å². The number of hydrogen-bond acceptors (Lipinski definition) is 6. The van der Waals surface area contributed by atoms with E-state index in [2.05, 4.69) is 28.2 Å². The zero-order chi connectivity index (χ0) is 19.6. The summed E-state index contributed by atoms with van der Waals surface area (Å²) < 4.78 is 5.39. The molecule has 7 heteroatoms. The molecule has 0 amide bonds. The molecule has 146 valence electrons. The number of rotatable bonds is 2. The Morgan fingerprint density at radius 1 is 1.17 bits per heavy atom. The number of aliphatic imine (C=N–C) groups is 2. The SMILES string of the molecule is CC1=C2N=C(c3ccccc3Cl)c3cnc(N4CC5(COC5)C4)cc3NC2=NC1. The van der Waals surface area contributed by atoms with Crippen LogP contribution in [0.5, 0.6) is 0 Å². The first-order chi connectivity index (χ1) is 14.1. The minimum absolute atomic E-state index is 0.342. The predicted octanol–water partition coefficient (Wildman–Crippen LogP) is 3.52. The summed E-state index contributed by atoms with van der Waals surface area (Å²) in [7, 11) is 0. The molecule has 0 radical (unpaired) electrons. The van der Waals surface area contributed by atoms with Crippen LogP contribution in [0.2, 0.25) is 5.02 Å². The molecule has 2 aromatic rings. The fourth-order valence-corrected chi connectivity index (χ4v) is 4.59. The van der Waals surface area contributed by atoms with Gasteiger partial charge in [0.2, 0.25) is 0 Å². The summed E-state index contributed by atoms with van der Waals surface area (Å²) in [5, 5.41) is 4.18. The maximum atomic E-state index is 6.54. The number of pyridine rings is 1.